The first-order chi connectivity index (χ1) is 10.7. The minimum absolute atomic E-state index is 0.359. The van der Waals surface area contributed by atoms with Gasteiger partial charge in [0.1, 0.15) is 5.82 Å². The molecule has 1 atom stereocenters. The highest BCUT2D eigenvalue weighted by Gasteiger charge is 2.06. The highest BCUT2D eigenvalue weighted by molar-refractivity contribution is 7.99. The predicted octanol–water partition coefficient (Wildman–Crippen LogP) is 4.70. The molecule has 0 radical (unpaired) electrons. The summed E-state index contributed by atoms with van der Waals surface area (Å²) in [5.74, 6) is 1.47. The van der Waals surface area contributed by atoms with Crippen LogP contribution in [-0.2, 0) is 0 Å². The van der Waals surface area contributed by atoms with Crippen molar-refractivity contribution in [3.8, 4) is 5.69 Å². The Hall–Kier alpha value is -1.88. The van der Waals surface area contributed by atoms with Crippen LogP contribution in [0.15, 0.2) is 47.8 Å². The lowest BCUT2D eigenvalue weighted by Gasteiger charge is -2.07. The Morgan fingerprint density at radius 3 is 2.91 bits per heavy atom. The van der Waals surface area contributed by atoms with E-state index in [-0.39, 0.29) is 5.82 Å². The van der Waals surface area contributed by atoms with Crippen molar-refractivity contribution in [2.45, 2.75) is 25.2 Å². The standard InChI is InChI=1S/C17H18FN3S/c1-3-12(2)11-22-16-4-5-17-13(6-16)10-21(20-17)15-7-14(18)8-19-9-15/h4-10,12H,3,11H2,1-2H3. The number of rotatable bonds is 5. The third-order valence-electron chi connectivity index (χ3n) is 3.66. The van der Waals surface area contributed by atoms with Crippen LogP contribution in [0.5, 0.6) is 0 Å². The van der Waals surface area contributed by atoms with Crippen molar-refractivity contribution in [3.05, 3.63) is 48.7 Å². The van der Waals surface area contributed by atoms with Crippen LogP contribution >= 0.6 is 11.8 Å². The summed E-state index contributed by atoms with van der Waals surface area (Å²) in [4.78, 5) is 5.11. The Morgan fingerprint density at radius 2 is 2.14 bits per heavy atom. The third-order valence-corrected chi connectivity index (χ3v) is 4.99. The lowest BCUT2D eigenvalue weighted by Crippen LogP contribution is -1.95. The average Bonchev–Trinajstić information content (AvgIpc) is 2.95. The zero-order valence-electron chi connectivity index (χ0n) is 12.7. The van der Waals surface area contributed by atoms with Crippen LogP contribution in [-0.4, -0.2) is 20.5 Å². The molecule has 1 aromatic carbocycles. The molecule has 0 saturated heterocycles. The van der Waals surface area contributed by atoms with Gasteiger partial charge < -0.3 is 0 Å². The van der Waals surface area contributed by atoms with E-state index in [1.54, 1.807) is 10.9 Å². The summed E-state index contributed by atoms with van der Waals surface area (Å²) >= 11 is 1.87. The molecule has 2 heterocycles. The maximum Gasteiger partial charge on any atom is 0.143 e. The first-order valence-corrected chi connectivity index (χ1v) is 8.37. The molecular formula is C17H18FN3S. The maximum atomic E-state index is 13.3. The molecule has 0 amide bonds. The van der Waals surface area contributed by atoms with Crippen LogP contribution < -0.4 is 0 Å². The molecule has 0 saturated carbocycles. The van der Waals surface area contributed by atoms with Gasteiger partial charge in [-0.2, -0.15) is 5.10 Å². The second kappa shape index (κ2) is 6.48. The molecule has 1 unspecified atom stereocenters. The lowest BCUT2D eigenvalue weighted by atomic mass is 10.2. The van der Waals surface area contributed by atoms with Gasteiger partial charge in [-0.05, 0) is 24.1 Å². The zero-order chi connectivity index (χ0) is 15.5. The van der Waals surface area contributed by atoms with E-state index in [2.05, 4.69) is 36.1 Å². The van der Waals surface area contributed by atoms with Gasteiger partial charge in [-0.3, -0.25) is 4.98 Å². The van der Waals surface area contributed by atoms with E-state index < -0.39 is 0 Å². The van der Waals surface area contributed by atoms with Crippen molar-refractivity contribution >= 4 is 22.7 Å². The first-order valence-electron chi connectivity index (χ1n) is 7.39. The number of hydrogen-bond donors (Lipinski definition) is 0. The van der Waals surface area contributed by atoms with Gasteiger partial charge in [-0.25, -0.2) is 9.07 Å². The minimum atomic E-state index is -0.359. The van der Waals surface area contributed by atoms with Gasteiger partial charge in [0, 0.05) is 28.3 Å². The van der Waals surface area contributed by atoms with E-state index in [0.717, 1.165) is 16.7 Å². The Bertz CT molecular complexity index is 784. The number of benzene rings is 1. The topological polar surface area (TPSA) is 30.7 Å². The molecule has 2 aromatic heterocycles. The fourth-order valence-corrected chi connectivity index (χ4v) is 3.20. The van der Waals surface area contributed by atoms with Gasteiger partial charge in [-0.15, -0.1) is 11.8 Å². The van der Waals surface area contributed by atoms with Crippen molar-refractivity contribution in [1.82, 2.24) is 14.8 Å². The Labute approximate surface area is 133 Å². The highest BCUT2D eigenvalue weighted by atomic mass is 32.2. The second-order valence-electron chi connectivity index (χ2n) is 5.48. The largest absolute Gasteiger partial charge is 0.259 e. The van der Waals surface area contributed by atoms with Gasteiger partial charge in [0.05, 0.1) is 23.6 Å². The number of halogens is 1. The molecule has 5 heteroatoms. The Balaban J connectivity index is 1.87. The third kappa shape index (κ3) is 3.30. The second-order valence-corrected chi connectivity index (χ2v) is 6.57. The van der Waals surface area contributed by atoms with E-state index in [1.165, 1.54) is 23.6 Å². The zero-order valence-corrected chi connectivity index (χ0v) is 13.5. The highest BCUT2D eigenvalue weighted by Crippen LogP contribution is 2.26. The summed E-state index contributed by atoms with van der Waals surface area (Å²) < 4.78 is 14.9. The van der Waals surface area contributed by atoms with Crippen LogP contribution in [0, 0.1) is 11.7 Å². The molecular weight excluding hydrogens is 297 g/mol. The molecule has 0 aliphatic rings. The van der Waals surface area contributed by atoms with Gasteiger partial charge in [-0.1, -0.05) is 20.3 Å². The van der Waals surface area contributed by atoms with Gasteiger partial charge in [0.15, 0.2) is 0 Å². The number of nitrogens with zero attached hydrogens (tertiary/aromatic N) is 3. The number of fused-ring (bicyclic) bond motifs is 1. The molecule has 22 heavy (non-hydrogen) atoms. The fraction of sp³-hybridized carbons (Fsp3) is 0.294. The molecule has 0 spiro atoms. The fourth-order valence-electron chi connectivity index (χ4n) is 2.11. The molecule has 0 aliphatic heterocycles. The number of pyridine rings is 1. The van der Waals surface area contributed by atoms with Crippen molar-refractivity contribution in [2.75, 3.05) is 5.75 Å². The van der Waals surface area contributed by atoms with E-state index in [9.17, 15) is 4.39 Å². The molecule has 114 valence electrons. The van der Waals surface area contributed by atoms with E-state index in [0.29, 0.717) is 11.6 Å². The number of thioether (sulfide) groups is 1. The SMILES string of the molecule is CCC(C)CSc1ccc2nn(-c3cncc(F)c3)cc2c1. The van der Waals surface area contributed by atoms with Gasteiger partial charge in [0.2, 0.25) is 0 Å². The molecule has 3 rings (SSSR count). The van der Waals surface area contributed by atoms with E-state index >= 15 is 0 Å². The summed E-state index contributed by atoms with van der Waals surface area (Å²) in [6.07, 6.45) is 5.91. The van der Waals surface area contributed by atoms with Gasteiger partial charge >= 0.3 is 0 Å². The van der Waals surface area contributed by atoms with Crippen molar-refractivity contribution in [1.29, 1.82) is 0 Å². The van der Waals surface area contributed by atoms with E-state index in [4.69, 9.17) is 0 Å². The Kier molecular flexibility index (Phi) is 4.43. The summed E-state index contributed by atoms with van der Waals surface area (Å²) in [6.45, 7) is 4.48. The lowest BCUT2D eigenvalue weighted by molar-refractivity contribution is 0.618. The minimum Gasteiger partial charge on any atom is -0.259 e. The van der Waals surface area contributed by atoms with Crippen LogP contribution in [0.25, 0.3) is 16.6 Å². The smallest absolute Gasteiger partial charge is 0.143 e. The predicted molar refractivity (Wildman–Crippen MR) is 89.0 cm³/mol. The van der Waals surface area contributed by atoms with E-state index in [1.807, 2.05) is 24.0 Å². The van der Waals surface area contributed by atoms with Crippen molar-refractivity contribution in [2.24, 2.45) is 5.92 Å². The molecule has 0 N–H and O–H groups in total. The van der Waals surface area contributed by atoms with Crippen LogP contribution in [0.2, 0.25) is 0 Å². The van der Waals surface area contributed by atoms with Crippen molar-refractivity contribution < 1.29 is 4.39 Å². The molecule has 0 bridgehead atoms. The monoisotopic (exact) mass is 315 g/mol. The molecule has 3 aromatic rings. The quantitative estimate of drug-likeness (QED) is 0.640. The normalized spacial score (nSPS) is 12.7. The molecule has 0 aliphatic carbocycles. The first kappa shape index (κ1) is 15.0. The van der Waals surface area contributed by atoms with Crippen molar-refractivity contribution in [3.63, 3.8) is 0 Å². The van der Waals surface area contributed by atoms with Gasteiger partial charge in [0.25, 0.3) is 0 Å². The number of hydrogen-bond acceptors (Lipinski definition) is 3. The summed E-state index contributed by atoms with van der Waals surface area (Å²) in [7, 11) is 0. The molecule has 0 fully saturated rings. The summed E-state index contributed by atoms with van der Waals surface area (Å²) in [5, 5.41) is 5.53. The summed E-state index contributed by atoms with van der Waals surface area (Å²) in [6, 6.07) is 7.67. The van der Waals surface area contributed by atoms with Crippen LogP contribution in [0.1, 0.15) is 20.3 Å². The maximum absolute atomic E-state index is 13.3. The molecule has 3 nitrogen and oxygen atoms in total. The number of aromatic nitrogens is 3. The Morgan fingerprint density at radius 1 is 1.27 bits per heavy atom. The van der Waals surface area contributed by atoms with Crippen LogP contribution in [0.3, 0.4) is 0 Å². The average molecular weight is 315 g/mol. The summed E-state index contributed by atoms with van der Waals surface area (Å²) in [5.41, 5.74) is 1.53. The van der Waals surface area contributed by atoms with Crippen LogP contribution in [0.4, 0.5) is 4.39 Å².